The number of nitrogens with one attached hydrogen (secondary N) is 1. The second-order valence-corrected chi connectivity index (χ2v) is 2.80. The lowest BCUT2D eigenvalue weighted by Gasteiger charge is -1.90. The van der Waals surface area contributed by atoms with Gasteiger partial charge in [0.05, 0.1) is 0 Å². The maximum atomic E-state index is 10.5. The maximum absolute atomic E-state index is 10.5. The van der Waals surface area contributed by atoms with Crippen molar-refractivity contribution >= 4 is 22.6 Å². The fourth-order valence-electron chi connectivity index (χ4n) is 0.599. The normalized spacial score (nSPS) is 9.64. The van der Waals surface area contributed by atoms with Crippen LogP contribution in [0, 0.1) is 0 Å². The van der Waals surface area contributed by atoms with E-state index in [2.05, 4.69) is 14.7 Å². The molecular weight excluding hydrogens is 162 g/mol. The van der Waals surface area contributed by atoms with Gasteiger partial charge in [-0.25, -0.2) is 4.98 Å². The highest BCUT2D eigenvalue weighted by Gasteiger charge is 2.01. The summed E-state index contributed by atoms with van der Waals surface area (Å²) in [5.74, 6) is 0.669. The summed E-state index contributed by atoms with van der Waals surface area (Å²) in [7, 11) is 0. The van der Waals surface area contributed by atoms with Crippen molar-refractivity contribution in [2.75, 3.05) is 5.32 Å². The summed E-state index contributed by atoms with van der Waals surface area (Å²) in [6.07, 6.45) is 0.802. The quantitative estimate of drug-likeness (QED) is 0.723. The van der Waals surface area contributed by atoms with Crippen molar-refractivity contribution in [3.8, 4) is 0 Å². The Bertz CT molecular complexity index is 258. The van der Waals surface area contributed by atoms with Gasteiger partial charge >= 0.3 is 0 Å². The lowest BCUT2D eigenvalue weighted by molar-refractivity contribution is -0.114. The molecule has 0 saturated heterocycles. The van der Waals surface area contributed by atoms with Gasteiger partial charge in [0.1, 0.15) is 5.82 Å². The highest BCUT2D eigenvalue weighted by molar-refractivity contribution is 7.09. The number of carbonyl (C=O) groups excluding carboxylic acids is 1. The molecule has 1 aromatic heterocycles. The molecular formula is C6H9N3OS. The average Bonchev–Trinajstić information content (AvgIpc) is 2.34. The Morgan fingerprint density at radius 2 is 2.45 bits per heavy atom. The molecule has 0 bridgehead atoms. The standard InChI is InChI=1S/C6H9N3OS/c1-3-5-8-6(11-9-5)7-4(2)10/h3H2,1-2H3,(H,7,8,9,10). The predicted molar refractivity (Wildman–Crippen MR) is 43.6 cm³/mol. The zero-order chi connectivity index (χ0) is 8.27. The third-order valence-corrected chi connectivity index (χ3v) is 1.74. The number of hydrogen-bond donors (Lipinski definition) is 1. The highest BCUT2D eigenvalue weighted by Crippen LogP contribution is 2.10. The van der Waals surface area contributed by atoms with Crippen molar-refractivity contribution in [1.82, 2.24) is 9.36 Å². The van der Waals surface area contributed by atoms with Gasteiger partial charge in [-0.1, -0.05) is 6.92 Å². The molecule has 0 aromatic carbocycles. The Morgan fingerprint density at radius 3 is 2.91 bits per heavy atom. The molecule has 0 aliphatic rings. The number of anilines is 1. The summed E-state index contributed by atoms with van der Waals surface area (Å²) in [5, 5.41) is 3.14. The SMILES string of the molecule is CCc1nsc(NC(C)=O)n1. The van der Waals surface area contributed by atoms with Gasteiger partial charge in [-0.15, -0.1) is 0 Å². The Hall–Kier alpha value is -0.970. The van der Waals surface area contributed by atoms with E-state index in [9.17, 15) is 4.79 Å². The highest BCUT2D eigenvalue weighted by atomic mass is 32.1. The Morgan fingerprint density at radius 1 is 1.73 bits per heavy atom. The van der Waals surface area contributed by atoms with Gasteiger partial charge < -0.3 is 5.32 Å². The van der Waals surface area contributed by atoms with Gasteiger partial charge in [0.2, 0.25) is 11.0 Å². The van der Waals surface area contributed by atoms with E-state index in [0.717, 1.165) is 12.2 Å². The molecule has 1 rings (SSSR count). The van der Waals surface area contributed by atoms with Crippen molar-refractivity contribution in [3.05, 3.63) is 5.82 Å². The Labute approximate surface area is 68.8 Å². The number of amides is 1. The van der Waals surface area contributed by atoms with E-state index in [4.69, 9.17) is 0 Å². The summed E-state index contributed by atoms with van der Waals surface area (Å²) in [6, 6.07) is 0. The second-order valence-electron chi connectivity index (χ2n) is 2.05. The van der Waals surface area contributed by atoms with Crippen LogP contribution in [0.1, 0.15) is 19.7 Å². The van der Waals surface area contributed by atoms with Crippen LogP contribution >= 0.6 is 11.5 Å². The van der Waals surface area contributed by atoms with E-state index in [1.54, 1.807) is 0 Å². The van der Waals surface area contributed by atoms with Crippen molar-refractivity contribution in [3.63, 3.8) is 0 Å². The minimum Gasteiger partial charge on any atom is -0.301 e. The Balaban J connectivity index is 2.65. The molecule has 1 heterocycles. The molecule has 1 aromatic rings. The van der Waals surface area contributed by atoms with Crippen molar-refractivity contribution in [2.24, 2.45) is 0 Å². The lowest BCUT2D eigenvalue weighted by atomic mass is 10.5. The third-order valence-electron chi connectivity index (χ3n) is 1.07. The van der Waals surface area contributed by atoms with E-state index < -0.39 is 0 Å². The van der Waals surface area contributed by atoms with E-state index >= 15 is 0 Å². The third kappa shape index (κ3) is 2.27. The zero-order valence-electron chi connectivity index (χ0n) is 6.42. The molecule has 0 fully saturated rings. The summed E-state index contributed by atoms with van der Waals surface area (Å²) in [4.78, 5) is 14.6. The van der Waals surface area contributed by atoms with Crippen LogP contribution in [-0.4, -0.2) is 15.3 Å². The van der Waals surface area contributed by atoms with Crippen LogP contribution in [0.15, 0.2) is 0 Å². The first kappa shape index (κ1) is 8.13. The second kappa shape index (κ2) is 3.43. The number of nitrogens with zero attached hydrogens (tertiary/aromatic N) is 2. The number of aromatic nitrogens is 2. The molecule has 1 amide bonds. The van der Waals surface area contributed by atoms with Gasteiger partial charge in [-0.05, 0) is 0 Å². The van der Waals surface area contributed by atoms with Gasteiger partial charge in [0, 0.05) is 24.9 Å². The molecule has 0 radical (unpaired) electrons. The van der Waals surface area contributed by atoms with Crippen molar-refractivity contribution in [2.45, 2.75) is 20.3 Å². The number of rotatable bonds is 2. The van der Waals surface area contributed by atoms with E-state index in [0.29, 0.717) is 5.13 Å². The summed E-state index contributed by atoms with van der Waals surface area (Å²) in [6.45, 7) is 3.42. The number of aryl methyl sites for hydroxylation is 1. The van der Waals surface area contributed by atoms with E-state index in [-0.39, 0.29) is 5.91 Å². The molecule has 60 valence electrons. The van der Waals surface area contributed by atoms with Gasteiger partial charge in [-0.3, -0.25) is 4.79 Å². The van der Waals surface area contributed by atoms with Crippen molar-refractivity contribution in [1.29, 1.82) is 0 Å². The molecule has 0 saturated carbocycles. The van der Waals surface area contributed by atoms with Crippen LogP contribution in [0.5, 0.6) is 0 Å². The zero-order valence-corrected chi connectivity index (χ0v) is 7.23. The van der Waals surface area contributed by atoms with Crippen LogP contribution in [0.25, 0.3) is 0 Å². The van der Waals surface area contributed by atoms with Crippen LogP contribution in [0.2, 0.25) is 0 Å². The van der Waals surface area contributed by atoms with E-state index in [1.807, 2.05) is 6.92 Å². The first-order valence-corrected chi connectivity index (χ1v) is 4.10. The maximum Gasteiger partial charge on any atom is 0.223 e. The number of hydrogen-bond acceptors (Lipinski definition) is 4. The van der Waals surface area contributed by atoms with Crippen LogP contribution in [0.3, 0.4) is 0 Å². The summed E-state index contributed by atoms with van der Waals surface area (Å²) >= 11 is 1.21. The van der Waals surface area contributed by atoms with Gasteiger partial charge in [0.15, 0.2) is 0 Å². The van der Waals surface area contributed by atoms with E-state index in [1.165, 1.54) is 18.5 Å². The molecule has 0 atom stereocenters. The molecule has 0 aliphatic carbocycles. The largest absolute Gasteiger partial charge is 0.301 e. The minimum atomic E-state index is -0.108. The monoisotopic (exact) mass is 171 g/mol. The molecule has 0 aliphatic heterocycles. The van der Waals surface area contributed by atoms with Crippen molar-refractivity contribution < 1.29 is 4.79 Å². The first-order valence-electron chi connectivity index (χ1n) is 3.32. The van der Waals surface area contributed by atoms with Gasteiger partial charge in [0.25, 0.3) is 0 Å². The molecule has 5 heteroatoms. The smallest absolute Gasteiger partial charge is 0.223 e. The fourth-order valence-corrected chi connectivity index (χ4v) is 1.30. The van der Waals surface area contributed by atoms with Crippen LogP contribution in [0.4, 0.5) is 5.13 Å². The molecule has 11 heavy (non-hydrogen) atoms. The minimum absolute atomic E-state index is 0.108. The summed E-state index contributed by atoms with van der Waals surface area (Å²) < 4.78 is 4.00. The number of carbonyl (C=O) groups is 1. The topological polar surface area (TPSA) is 54.9 Å². The molecule has 0 spiro atoms. The predicted octanol–water partition coefficient (Wildman–Crippen LogP) is 1.06. The van der Waals surface area contributed by atoms with Crippen LogP contribution < -0.4 is 5.32 Å². The first-order chi connectivity index (χ1) is 5.22. The van der Waals surface area contributed by atoms with Gasteiger partial charge in [-0.2, -0.15) is 4.37 Å². The average molecular weight is 171 g/mol. The fraction of sp³-hybridized carbons (Fsp3) is 0.500. The summed E-state index contributed by atoms with van der Waals surface area (Å²) in [5.41, 5.74) is 0. The Kier molecular flexibility index (Phi) is 2.53. The van der Waals surface area contributed by atoms with Crippen LogP contribution in [-0.2, 0) is 11.2 Å². The lowest BCUT2D eigenvalue weighted by Crippen LogP contribution is -2.05. The molecule has 1 N–H and O–H groups in total. The molecule has 0 unspecified atom stereocenters. The molecule has 4 nitrogen and oxygen atoms in total.